The minimum Gasteiger partial charge on any atom is -0.490 e. The lowest BCUT2D eigenvalue weighted by molar-refractivity contribution is -0.127. The topological polar surface area (TPSA) is 32.8 Å². The Bertz CT molecular complexity index is 1080. The van der Waals surface area contributed by atoms with Crippen LogP contribution < -0.4 is 4.74 Å². The molecule has 1 fully saturated rings. The average molecular weight is 465 g/mol. The van der Waals surface area contributed by atoms with Crippen LogP contribution in [-0.4, -0.2) is 41.9 Å². The minimum atomic E-state index is -0.305. The lowest BCUT2D eigenvalue weighted by atomic mass is 10.1. The number of carbonyl (C=O) groups excluding carboxylic acids is 1. The molecule has 4 rings (SSSR count). The predicted octanol–water partition coefficient (Wildman–Crippen LogP) is 5.60. The molecule has 0 radical (unpaired) electrons. The molecule has 6 heteroatoms. The van der Waals surface area contributed by atoms with E-state index in [1.54, 1.807) is 29.5 Å². The van der Waals surface area contributed by atoms with Crippen molar-refractivity contribution in [3.05, 3.63) is 93.9 Å². The normalized spacial score (nSPS) is 14.8. The van der Waals surface area contributed by atoms with Gasteiger partial charge in [0.25, 0.3) is 0 Å². The van der Waals surface area contributed by atoms with Gasteiger partial charge in [-0.05, 0) is 60.0 Å². The van der Waals surface area contributed by atoms with Crippen LogP contribution in [0.4, 0.5) is 4.39 Å². The number of halogens is 1. The molecule has 1 aliphatic heterocycles. The van der Waals surface area contributed by atoms with Crippen LogP contribution in [0.25, 0.3) is 6.08 Å². The molecular weight excluding hydrogens is 435 g/mol. The summed E-state index contributed by atoms with van der Waals surface area (Å²) in [5.74, 6) is 0.530. The predicted molar refractivity (Wildman–Crippen MR) is 132 cm³/mol. The van der Waals surface area contributed by atoms with Crippen LogP contribution in [0, 0.1) is 5.82 Å². The average Bonchev–Trinajstić information content (AvgIpc) is 3.31. The highest BCUT2D eigenvalue weighted by Gasteiger charge is 2.23. The molecule has 0 saturated carbocycles. The standard InChI is InChI=1S/C27H29FN2O2S/c1-29(20-26-9-4-16-33-26)19-22-6-3-8-25(18-22)32-24-12-14-30(15-13-24)27(31)11-10-21-5-2-7-23(28)17-21/h2-11,16-18,24H,12-15,19-20H2,1H3/b11-10+. The Labute approximate surface area is 198 Å². The van der Waals surface area contributed by atoms with E-state index in [9.17, 15) is 9.18 Å². The number of carbonyl (C=O) groups is 1. The van der Waals surface area contributed by atoms with Crippen molar-refractivity contribution >= 4 is 23.3 Å². The summed E-state index contributed by atoms with van der Waals surface area (Å²) in [4.78, 5) is 18.0. The van der Waals surface area contributed by atoms with Crippen LogP contribution in [0.15, 0.2) is 72.1 Å². The van der Waals surface area contributed by atoms with Crippen LogP contribution in [0.3, 0.4) is 0 Å². The first kappa shape index (κ1) is 23.2. The molecule has 0 bridgehead atoms. The van der Waals surface area contributed by atoms with Gasteiger partial charge >= 0.3 is 0 Å². The molecule has 0 aliphatic carbocycles. The molecular formula is C27H29FN2O2S. The van der Waals surface area contributed by atoms with Gasteiger partial charge in [-0.15, -0.1) is 11.3 Å². The van der Waals surface area contributed by atoms with E-state index in [2.05, 4.69) is 41.6 Å². The number of thiophene rings is 1. The number of benzene rings is 2. The van der Waals surface area contributed by atoms with E-state index >= 15 is 0 Å². The van der Waals surface area contributed by atoms with Crippen molar-refractivity contribution in [2.75, 3.05) is 20.1 Å². The quantitative estimate of drug-likeness (QED) is 0.407. The van der Waals surface area contributed by atoms with Crippen molar-refractivity contribution in [1.29, 1.82) is 0 Å². The molecule has 0 unspecified atom stereocenters. The van der Waals surface area contributed by atoms with Gasteiger partial charge in [0.1, 0.15) is 17.7 Å². The van der Waals surface area contributed by atoms with Crippen molar-refractivity contribution in [2.45, 2.75) is 32.0 Å². The maximum atomic E-state index is 13.3. The zero-order valence-electron chi connectivity index (χ0n) is 18.8. The molecule has 0 spiro atoms. The third kappa shape index (κ3) is 7.01. The van der Waals surface area contributed by atoms with E-state index in [1.165, 1.54) is 28.6 Å². The maximum Gasteiger partial charge on any atom is 0.246 e. The Morgan fingerprint density at radius 3 is 2.70 bits per heavy atom. The Morgan fingerprint density at radius 2 is 1.94 bits per heavy atom. The summed E-state index contributed by atoms with van der Waals surface area (Å²) < 4.78 is 19.5. The largest absolute Gasteiger partial charge is 0.490 e. The smallest absolute Gasteiger partial charge is 0.246 e. The zero-order valence-corrected chi connectivity index (χ0v) is 19.6. The van der Waals surface area contributed by atoms with E-state index in [4.69, 9.17) is 4.74 Å². The number of nitrogens with zero attached hydrogens (tertiary/aromatic N) is 2. The molecule has 0 atom stereocenters. The van der Waals surface area contributed by atoms with Crippen molar-refractivity contribution in [3.8, 4) is 5.75 Å². The highest BCUT2D eigenvalue weighted by atomic mass is 32.1. The summed E-state index contributed by atoms with van der Waals surface area (Å²) in [5, 5.41) is 2.11. The van der Waals surface area contributed by atoms with Gasteiger partial charge in [-0.3, -0.25) is 9.69 Å². The van der Waals surface area contributed by atoms with Crippen LogP contribution in [0.1, 0.15) is 28.8 Å². The molecule has 33 heavy (non-hydrogen) atoms. The number of ether oxygens (including phenoxy) is 1. The van der Waals surface area contributed by atoms with Gasteiger partial charge in [-0.1, -0.05) is 30.3 Å². The fourth-order valence-corrected chi connectivity index (χ4v) is 4.81. The second kappa shape index (κ2) is 11.3. The first-order valence-corrected chi connectivity index (χ1v) is 12.1. The number of rotatable bonds is 8. The highest BCUT2D eigenvalue weighted by Crippen LogP contribution is 2.22. The van der Waals surface area contributed by atoms with E-state index in [0.29, 0.717) is 18.7 Å². The van der Waals surface area contributed by atoms with Crippen LogP contribution in [-0.2, 0) is 17.9 Å². The van der Waals surface area contributed by atoms with E-state index in [-0.39, 0.29) is 17.8 Å². The Morgan fingerprint density at radius 1 is 1.12 bits per heavy atom. The molecule has 2 aromatic carbocycles. The first-order valence-electron chi connectivity index (χ1n) is 11.2. The van der Waals surface area contributed by atoms with Gasteiger partial charge in [0, 0.05) is 50.0 Å². The Kier molecular flexibility index (Phi) is 7.92. The Balaban J connectivity index is 1.25. The number of likely N-dealkylation sites (tertiary alicyclic amines) is 1. The summed E-state index contributed by atoms with van der Waals surface area (Å²) in [6, 6.07) is 18.8. The van der Waals surface area contributed by atoms with Gasteiger partial charge in [-0.25, -0.2) is 4.39 Å². The van der Waals surface area contributed by atoms with Crippen molar-refractivity contribution in [2.24, 2.45) is 0 Å². The minimum absolute atomic E-state index is 0.0477. The van der Waals surface area contributed by atoms with Crippen LogP contribution >= 0.6 is 11.3 Å². The zero-order chi connectivity index (χ0) is 23.0. The summed E-state index contributed by atoms with van der Waals surface area (Å²) in [5.41, 5.74) is 1.91. The van der Waals surface area contributed by atoms with Gasteiger partial charge in [-0.2, -0.15) is 0 Å². The first-order chi connectivity index (χ1) is 16.0. The molecule has 1 aliphatic rings. The Hall–Kier alpha value is -2.96. The molecule has 1 amide bonds. The maximum absolute atomic E-state index is 13.3. The monoisotopic (exact) mass is 464 g/mol. The lowest BCUT2D eigenvalue weighted by Gasteiger charge is -2.31. The van der Waals surface area contributed by atoms with Gasteiger partial charge < -0.3 is 9.64 Å². The third-order valence-electron chi connectivity index (χ3n) is 5.68. The third-order valence-corrected chi connectivity index (χ3v) is 6.54. The lowest BCUT2D eigenvalue weighted by Crippen LogP contribution is -2.41. The molecule has 172 valence electrons. The number of piperidine rings is 1. The number of hydrogen-bond acceptors (Lipinski definition) is 4. The van der Waals surface area contributed by atoms with E-state index in [0.717, 1.165) is 31.7 Å². The number of amides is 1. The number of hydrogen-bond donors (Lipinski definition) is 0. The summed E-state index contributed by atoms with van der Waals surface area (Å²) in [6.45, 7) is 3.10. The second-order valence-corrected chi connectivity index (χ2v) is 9.46. The molecule has 1 saturated heterocycles. The van der Waals surface area contributed by atoms with Gasteiger partial charge in [0.2, 0.25) is 5.91 Å². The van der Waals surface area contributed by atoms with E-state index < -0.39 is 0 Å². The van der Waals surface area contributed by atoms with Gasteiger partial charge in [0.15, 0.2) is 0 Å². The molecule has 4 nitrogen and oxygen atoms in total. The van der Waals surface area contributed by atoms with E-state index in [1.807, 2.05) is 17.0 Å². The fraction of sp³-hybridized carbons (Fsp3) is 0.296. The summed E-state index contributed by atoms with van der Waals surface area (Å²) in [7, 11) is 2.13. The second-order valence-electron chi connectivity index (χ2n) is 8.43. The van der Waals surface area contributed by atoms with Crippen molar-refractivity contribution in [3.63, 3.8) is 0 Å². The van der Waals surface area contributed by atoms with Gasteiger partial charge in [0.05, 0.1) is 0 Å². The SMILES string of the molecule is CN(Cc1cccc(OC2CCN(C(=O)/C=C/c3cccc(F)c3)CC2)c1)Cc1cccs1. The highest BCUT2D eigenvalue weighted by molar-refractivity contribution is 7.09. The summed E-state index contributed by atoms with van der Waals surface area (Å²) >= 11 is 1.78. The molecule has 1 aromatic heterocycles. The van der Waals surface area contributed by atoms with Crippen LogP contribution in [0.2, 0.25) is 0 Å². The van der Waals surface area contributed by atoms with Crippen LogP contribution in [0.5, 0.6) is 5.75 Å². The molecule has 3 aromatic rings. The van der Waals surface area contributed by atoms with Crippen molar-refractivity contribution < 1.29 is 13.9 Å². The molecule has 2 heterocycles. The van der Waals surface area contributed by atoms with Crippen molar-refractivity contribution in [1.82, 2.24) is 9.80 Å². The summed E-state index contributed by atoms with van der Waals surface area (Å²) in [6.07, 6.45) is 4.87. The molecule has 0 N–H and O–H groups in total. The fourth-order valence-electron chi connectivity index (χ4n) is 4.02.